The number of hydrogen-bond acceptors (Lipinski definition) is 4. The van der Waals surface area contributed by atoms with Gasteiger partial charge in [-0.3, -0.25) is 20.4 Å². The number of pyridine rings is 1. The average molecular weight is 435 g/mol. The van der Waals surface area contributed by atoms with E-state index < -0.39 is 0 Å². The third-order valence-electron chi connectivity index (χ3n) is 6.53. The molecule has 0 aliphatic carbocycles. The molecule has 2 aliphatic heterocycles. The second-order valence-corrected chi connectivity index (χ2v) is 8.71. The van der Waals surface area contributed by atoms with Crippen LogP contribution in [0.5, 0.6) is 0 Å². The largest absolute Gasteiger partial charge is 0.309 e. The number of amides is 1. The smallest absolute Gasteiger partial charge is 0.228 e. The number of fused-ring (bicyclic) bond motifs is 1. The third kappa shape index (κ3) is 4.23. The first kappa shape index (κ1) is 20.6. The maximum absolute atomic E-state index is 13.9. The van der Waals surface area contributed by atoms with E-state index in [0.717, 1.165) is 49.1 Å². The van der Waals surface area contributed by atoms with Crippen LogP contribution in [0.25, 0.3) is 5.52 Å². The average Bonchev–Trinajstić information content (AvgIpc) is 3.20. The number of aromatic nitrogens is 2. The van der Waals surface area contributed by atoms with Crippen molar-refractivity contribution < 1.29 is 9.18 Å². The van der Waals surface area contributed by atoms with E-state index in [0.29, 0.717) is 25.4 Å². The fraction of sp³-hybridized carbons (Fsp3) is 0.375. The van der Waals surface area contributed by atoms with Crippen molar-refractivity contribution in [1.29, 1.82) is 5.41 Å². The standard InChI is InChI=1S/C24H27FN6O/c25-20-4-2-1-3-19(20)16-29-9-5-17(6-10-29)13-18-7-12-31-21(14-18)22(15-27-31)30-11-8-23(32)28-24(30)26/h1-4,7,12,14-15,17H,5-6,8-11,13,16H2,(H2,26,28,32). The zero-order chi connectivity index (χ0) is 22.1. The van der Waals surface area contributed by atoms with Crippen LogP contribution in [-0.4, -0.2) is 46.0 Å². The lowest BCUT2D eigenvalue weighted by Gasteiger charge is -2.32. The van der Waals surface area contributed by atoms with E-state index >= 15 is 0 Å². The molecule has 8 heteroatoms. The van der Waals surface area contributed by atoms with Crippen molar-refractivity contribution in [2.75, 3.05) is 24.5 Å². The molecule has 7 nitrogen and oxygen atoms in total. The van der Waals surface area contributed by atoms with Gasteiger partial charge in [-0.25, -0.2) is 8.91 Å². The predicted octanol–water partition coefficient (Wildman–Crippen LogP) is 3.19. The number of likely N-dealkylation sites (tertiary alicyclic amines) is 1. The Hall–Kier alpha value is -3.26. The number of halogens is 1. The highest BCUT2D eigenvalue weighted by Gasteiger charge is 2.25. The molecule has 0 unspecified atom stereocenters. The van der Waals surface area contributed by atoms with Crippen molar-refractivity contribution in [3.05, 3.63) is 65.7 Å². The van der Waals surface area contributed by atoms with Gasteiger partial charge >= 0.3 is 0 Å². The topological polar surface area (TPSA) is 76.7 Å². The molecule has 0 saturated carbocycles. The monoisotopic (exact) mass is 434 g/mol. The highest BCUT2D eigenvalue weighted by molar-refractivity contribution is 6.08. The maximum Gasteiger partial charge on any atom is 0.228 e. The molecule has 0 spiro atoms. The quantitative estimate of drug-likeness (QED) is 0.647. The number of rotatable bonds is 5. The van der Waals surface area contributed by atoms with Gasteiger partial charge in [-0.05, 0) is 62.0 Å². The molecule has 2 N–H and O–H groups in total. The van der Waals surface area contributed by atoms with Crippen LogP contribution < -0.4 is 10.2 Å². The predicted molar refractivity (Wildman–Crippen MR) is 121 cm³/mol. The van der Waals surface area contributed by atoms with Crippen molar-refractivity contribution in [3.63, 3.8) is 0 Å². The van der Waals surface area contributed by atoms with E-state index in [1.807, 2.05) is 22.8 Å². The van der Waals surface area contributed by atoms with E-state index in [9.17, 15) is 9.18 Å². The Bertz CT molecular complexity index is 1150. The number of anilines is 1. The molecule has 0 atom stereocenters. The van der Waals surface area contributed by atoms with Crippen LogP contribution in [0.1, 0.15) is 30.4 Å². The van der Waals surface area contributed by atoms with Crippen molar-refractivity contribution in [2.24, 2.45) is 5.92 Å². The Morgan fingerprint density at radius 2 is 1.97 bits per heavy atom. The Balaban J connectivity index is 1.24. The first-order valence-electron chi connectivity index (χ1n) is 11.1. The molecule has 3 aromatic rings. The molecule has 2 aliphatic rings. The number of benzene rings is 1. The zero-order valence-electron chi connectivity index (χ0n) is 17.9. The summed E-state index contributed by atoms with van der Waals surface area (Å²) < 4.78 is 15.8. The summed E-state index contributed by atoms with van der Waals surface area (Å²) in [7, 11) is 0. The first-order chi connectivity index (χ1) is 15.6. The summed E-state index contributed by atoms with van der Waals surface area (Å²) in [5.41, 5.74) is 3.81. The zero-order valence-corrected chi connectivity index (χ0v) is 17.9. The van der Waals surface area contributed by atoms with Gasteiger partial charge in [0.15, 0.2) is 0 Å². The van der Waals surface area contributed by atoms with Crippen molar-refractivity contribution in [1.82, 2.24) is 19.8 Å². The summed E-state index contributed by atoms with van der Waals surface area (Å²) in [5.74, 6) is 0.447. The molecule has 2 saturated heterocycles. The van der Waals surface area contributed by atoms with Crippen LogP contribution in [-0.2, 0) is 17.8 Å². The fourth-order valence-corrected chi connectivity index (χ4v) is 4.72. The van der Waals surface area contributed by atoms with E-state index in [-0.39, 0.29) is 17.7 Å². The van der Waals surface area contributed by atoms with Gasteiger partial charge in [-0.1, -0.05) is 18.2 Å². The second kappa shape index (κ2) is 8.70. The third-order valence-corrected chi connectivity index (χ3v) is 6.53. The van der Waals surface area contributed by atoms with Crippen molar-refractivity contribution >= 4 is 23.1 Å². The molecule has 2 fully saturated rings. The van der Waals surface area contributed by atoms with E-state index in [4.69, 9.17) is 5.41 Å². The molecule has 1 aromatic carbocycles. The molecule has 1 amide bonds. The molecule has 166 valence electrons. The Labute approximate surface area is 186 Å². The minimum absolute atomic E-state index is 0.101. The van der Waals surface area contributed by atoms with Crippen LogP contribution in [0.2, 0.25) is 0 Å². The molecular weight excluding hydrogens is 407 g/mol. The Kier molecular flexibility index (Phi) is 5.61. The lowest BCUT2D eigenvalue weighted by molar-refractivity contribution is -0.119. The number of nitrogens with one attached hydrogen (secondary N) is 2. The SMILES string of the molecule is N=C1NC(=O)CCN1c1cnn2ccc(CC3CCN(Cc4ccccc4F)CC3)cc12. The van der Waals surface area contributed by atoms with Crippen LogP contribution in [0, 0.1) is 17.1 Å². The van der Waals surface area contributed by atoms with Crippen molar-refractivity contribution in [2.45, 2.75) is 32.2 Å². The van der Waals surface area contributed by atoms with Gasteiger partial charge in [-0.2, -0.15) is 5.10 Å². The van der Waals surface area contributed by atoms with Crippen LogP contribution in [0.15, 0.2) is 48.8 Å². The molecule has 5 rings (SSSR count). The Morgan fingerprint density at radius 3 is 2.75 bits per heavy atom. The molecule has 4 heterocycles. The minimum atomic E-state index is -0.124. The molecular formula is C24H27FN6O. The second-order valence-electron chi connectivity index (χ2n) is 8.71. The van der Waals surface area contributed by atoms with Gasteiger partial charge in [0, 0.05) is 31.3 Å². The number of carbonyl (C=O) groups is 1. The molecule has 32 heavy (non-hydrogen) atoms. The van der Waals surface area contributed by atoms with Crippen molar-refractivity contribution in [3.8, 4) is 0 Å². The number of nitrogens with zero attached hydrogens (tertiary/aromatic N) is 4. The van der Waals surface area contributed by atoms with Gasteiger partial charge in [0.05, 0.1) is 17.4 Å². The highest BCUT2D eigenvalue weighted by Crippen LogP contribution is 2.27. The number of guanidine groups is 1. The minimum Gasteiger partial charge on any atom is -0.309 e. The maximum atomic E-state index is 13.9. The lowest BCUT2D eigenvalue weighted by Crippen LogP contribution is -2.50. The number of carbonyl (C=O) groups excluding carboxylic acids is 1. The van der Waals surface area contributed by atoms with Gasteiger partial charge in [0.25, 0.3) is 0 Å². The lowest BCUT2D eigenvalue weighted by atomic mass is 9.90. The summed E-state index contributed by atoms with van der Waals surface area (Å²) >= 11 is 0. The molecule has 2 aromatic heterocycles. The number of hydrogen-bond donors (Lipinski definition) is 2. The van der Waals surface area contributed by atoms with Crippen LogP contribution in [0.4, 0.5) is 10.1 Å². The van der Waals surface area contributed by atoms with Gasteiger partial charge in [-0.15, -0.1) is 0 Å². The summed E-state index contributed by atoms with van der Waals surface area (Å²) in [6.07, 6.45) is 7.26. The fourth-order valence-electron chi connectivity index (χ4n) is 4.72. The van der Waals surface area contributed by atoms with Crippen LogP contribution in [0.3, 0.4) is 0 Å². The molecule has 0 radical (unpaired) electrons. The van der Waals surface area contributed by atoms with Gasteiger partial charge in [0.1, 0.15) is 5.82 Å². The highest BCUT2D eigenvalue weighted by atomic mass is 19.1. The summed E-state index contributed by atoms with van der Waals surface area (Å²) in [4.78, 5) is 15.7. The Morgan fingerprint density at radius 1 is 1.16 bits per heavy atom. The normalized spacial score (nSPS) is 18.3. The van der Waals surface area contributed by atoms with E-state index in [2.05, 4.69) is 27.4 Å². The van der Waals surface area contributed by atoms with E-state index in [1.54, 1.807) is 17.2 Å². The van der Waals surface area contributed by atoms with Gasteiger partial charge in [0.2, 0.25) is 11.9 Å². The number of piperidine rings is 1. The van der Waals surface area contributed by atoms with Crippen LogP contribution >= 0.6 is 0 Å². The summed E-state index contributed by atoms with van der Waals surface area (Å²) in [6.45, 7) is 3.10. The molecule has 0 bridgehead atoms. The summed E-state index contributed by atoms with van der Waals surface area (Å²) in [5, 5.41) is 15.1. The van der Waals surface area contributed by atoms with Gasteiger partial charge < -0.3 is 4.90 Å². The summed E-state index contributed by atoms with van der Waals surface area (Å²) in [6, 6.07) is 11.3. The van der Waals surface area contributed by atoms with E-state index in [1.165, 1.54) is 11.6 Å². The first-order valence-corrected chi connectivity index (χ1v) is 11.1.